The number of aromatic nitrogens is 4. The summed E-state index contributed by atoms with van der Waals surface area (Å²) >= 11 is 1.57. The monoisotopic (exact) mass is 391 g/mol. The molecule has 0 saturated carbocycles. The van der Waals surface area contributed by atoms with Crippen LogP contribution in [0.1, 0.15) is 12.8 Å². The molecule has 3 heterocycles. The van der Waals surface area contributed by atoms with Gasteiger partial charge >= 0.3 is 0 Å². The van der Waals surface area contributed by atoms with Crippen molar-refractivity contribution in [2.45, 2.75) is 19.4 Å². The third kappa shape index (κ3) is 3.47. The number of piperazine rings is 1. The molecule has 143 valence electrons. The molecule has 7 heteroatoms. The second-order valence-corrected chi connectivity index (χ2v) is 8.06. The van der Waals surface area contributed by atoms with Crippen molar-refractivity contribution in [3.05, 3.63) is 48.5 Å². The molecule has 0 aliphatic carbocycles. The number of para-hydroxylation sites is 1. The van der Waals surface area contributed by atoms with Crippen molar-refractivity contribution in [3.63, 3.8) is 0 Å². The summed E-state index contributed by atoms with van der Waals surface area (Å²) in [6, 6.07) is 17.7. The molecule has 2 aromatic heterocycles. The van der Waals surface area contributed by atoms with Gasteiger partial charge in [0.1, 0.15) is 5.52 Å². The number of fused-ring (bicyclic) bond motifs is 2. The normalized spacial score (nSPS) is 15.6. The van der Waals surface area contributed by atoms with Gasteiger partial charge in [0.25, 0.3) is 0 Å². The summed E-state index contributed by atoms with van der Waals surface area (Å²) in [5, 5.41) is 9.68. The Morgan fingerprint density at radius 1 is 0.964 bits per heavy atom. The van der Waals surface area contributed by atoms with Gasteiger partial charge in [-0.15, -0.1) is 5.10 Å². The van der Waals surface area contributed by atoms with Crippen LogP contribution in [-0.2, 0) is 6.54 Å². The van der Waals surface area contributed by atoms with Gasteiger partial charge in [0.15, 0.2) is 5.82 Å². The number of anilines is 1. The zero-order valence-electron chi connectivity index (χ0n) is 15.8. The first-order valence-electron chi connectivity index (χ1n) is 9.90. The second-order valence-electron chi connectivity index (χ2n) is 7.25. The molecular weight excluding hydrogens is 368 g/mol. The van der Waals surface area contributed by atoms with Crippen molar-refractivity contribution in [1.82, 2.24) is 24.3 Å². The third-order valence-corrected chi connectivity index (χ3v) is 6.26. The maximum absolute atomic E-state index is 4.67. The molecular formula is C21H23N6S. The number of nitrogens with zero attached hydrogens (tertiary/aromatic N) is 6. The van der Waals surface area contributed by atoms with E-state index in [2.05, 4.69) is 42.7 Å². The van der Waals surface area contributed by atoms with Crippen LogP contribution < -0.4 is 4.90 Å². The molecule has 2 aromatic carbocycles. The van der Waals surface area contributed by atoms with Gasteiger partial charge in [-0.1, -0.05) is 29.5 Å². The van der Waals surface area contributed by atoms with Crippen LogP contribution in [0.5, 0.6) is 0 Å². The lowest BCUT2D eigenvalue weighted by Crippen LogP contribution is -2.46. The van der Waals surface area contributed by atoms with Gasteiger partial charge in [-0.3, -0.25) is 4.90 Å². The molecule has 5 rings (SSSR count). The maximum atomic E-state index is 4.67. The molecule has 4 aromatic rings. The predicted octanol–water partition coefficient (Wildman–Crippen LogP) is 3.44. The summed E-state index contributed by atoms with van der Waals surface area (Å²) in [7, 11) is 0. The molecule has 0 amide bonds. The minimum Gasteiger partial charge on any atom is -0.353 e. The van der Waals surface area contributed by atoms with E-state index in [1.807, 2.05) is 35.0 Å². The van der Waals surface area contributed by atoms with Crippen molar-refractivity contribution >= 4 is 38.5 Å². The van der Waals surface area contributed by atoms with E-state index >= 15 is 0 Å². The lowest BCUT2D eigenvalue weighted by molar-refractivity contribution is 0.250. The van der Waals surface area contributed by atoms with Gasteiger partial charge in [-0.2, -0.15) is 4.37 Å². The Morgan fingerprint density at radius 3 is 2.75 bits per heavy atom. The van der Waals surface area contributed by atoms with E-state index in [4.69, 9.17) is 0 Å². The van der Waals surface area contributed by atoms with E-state index in [-0.39, 0.29) is 0 Å². The van der Waals surface area contributed by atoms with E-state index in [1.165, 1.54) is 16.5 Å². The Hall–Kier alpha value is -2.51. The van der Waals surface area contributed by atoms with E-state index in [1.54, 1.807) is 11.5 Å². The minimum absolute atomic E-state index is 0.932. The van der Waals surface area contributed by atoms with E-state index in [0.717, 1.165) is 62.5 Å². The lowest BCUT2D eigenvalue weighted by atomic mass is 10.2. The predicted molar refractivity (Wildman–Crippen MR) is 114 cm³/mol. The fraction of sp³-hybridized carbons (Fsp3) is 0.381. The number of rotatable bonds is 6. The third-order valence-electron chi connectivity index (χ3n) is 5.46. The second kappa shape index (κ2) is 7.85. The summed E-state index contributed by atoms with van der Waals surface area (Å²) in [5.41, 5.74) is 2.11. The standard InChI is InChI=1S/C21H23N6S/c1-4-10-20-17(7-1)21(23-28-20)26-15-13-25(14-16-26)11-5-6-12-27-19-9-3-2-8-18(19)22-24-27/h1-4,8-10H,5-6,11-16H2. The molecule has 1 radical (unpaired) electrons. The Balaban J connectivity index is 1.10. The van der Waals surface area contributed by atoms with Crippen LogP contribution in [-0.4, -0.2) is 57.0 Å². The molecule has 0 N–H and O–H groups in total. The van der Waals surface area contributed by atoms with Crippen LogP contribution >= 0.6 is 11.5 Å². The maximum Gasteiger partial charge on any atom is 0.150 e. The SMILES string of the molecule is [c]1cccc2snc(N3CCN(CCCCn4nnc5ccccc54)CC3)c12. The van der Waals surface area contributed by atoms with Crippen LogP contribution in [0, 0.1) is 6.07 Å². The fourth-order valence-corrected chi connectivity index (χ4v) is 4.66. The minimum atomic E-state index is 0.932. The van der Waals surface area contributed by atoms with Gasteiger partial charge < -0.3 is 4.90 Å². The van der Waals surface area contributed by atoms with Crippen LogP contribution in [0.15, 0.2) is 42.5 Å². The average molecular weight is 392 g/mol. The first kappa shape index (κ1) is 17.6. The van der Waals surface area contributed by atoms with E-state index < -0.39 is 0 Å². The quantitative estimate of drug-likeness (QED) is 0.471. The van der Waals surface area contributed by atoms with Crippen LogP contribution in [0.3, 0.4) is 0 Å². The van der Waals surface area contributed by atoms with Crippen LogP contribution in [0.25, 0.3) is 21.1 Å². The zero-order valence-corrected chi connectivity index (χ0v) is 16.6. The van der Waals surface area contributed by atoms with Gasteiger partial charge in [0.05, 0.1) is 10.2 Å². The number of aryl methyl sites for hydroxylation is 1. The summed E-state index contributed by atoms with van der Waals surface area (Å²) in [6.45, 7) is 6.34. The highest BCUT2D eigenvalue weighted by Gasteiger charge is 2.20. The summed E-state index contributed by atoms with van der Waals surface area (Å²) < 4.78 is 7.92. The highest BCUT2D eigenvalue weighted by Crippen LogP contribution is 2.29. The summed E-state index contributed by atoms with van der Waals surface area (Å²) in [4.78, 5) is 4.97. The number of hydrogen-bond acceptors (Lipinski definition) is 6. The molecule has 1 aliphatic heterocycles. The van der Waals surface area contributed by atoms with Crippen molar-refractivity contribution in [3.8, 4) is 0 Å². The van der Waals surface area contributed by atoms with Gasteiger partial charge in [-0.05, 0) is 55.2 Å². The molecule has 1 saturated heterocycles. The molecule has 28 heavy (non-hydrogen) atoms. The molecule has 0 spiro atoms. The molecule has 0 bridgehead atoms. The topological polar surface area (TPSA) is 50.1 Å². The Bertz CT molecular complexity index is 1060. The Morgan fingerprint density at radius 2 is 1.82 bits per heavy atom. The van der Waals surface area contributed by atoms with Gasteiger partial charge in [0, 0.05) is 38.1 Å². The van der Waals surface area contributed by atoms with Crippen molar-refractivity contribution < 1.29 is 0 Å². The molecule has 0 unspecified atom stereocenters. The molecule has 0 atom stereocenters. The number of hydrogen-bond donors (Lipinski definition) is 0. The fourth-order valence-electron chi connectivity index (χ4n) is 3.89. The first-order valence-corrected chi connectivity index (χ1v) is 10.7. The van der Waals surface area contributed by atoms with Gasteiger partial charge in [-0.25, -0.2) is 4.68 Å². The molecule has 1 fully saturated rings. The highest BCUT2D eigenvalue weighted by atomic mass is 32.1. The van der Waals surface area contributed by atoms with Crippen LogP contribution in [0.4, 0.5) is 5.82 Å². The number of benzene rings is 2. The Kier molecular flexibility index (Phi) is 4.93. The van der Waals surface area contributed by atoms with E-state index in [0.29, 0.717) is 0 Å². The van der Waals surface area contributed by atoms with Crippen molar-refractivity contribution in [2.75, 3.05) is 37.6 Å². The smallest absolute Gasteiger partial charge is 0.150 e. The number of unbranched alkanes of at least 4 members (excludes halogenated alkanes) is 1. The zero-order chi connectivity index (χ0) is 18.8. The Labute approximate surface area is 168 Å². The van der Waals surface area contributed by atoms with Gasteiger partial charge in [0.2, 0.25) is 0 Å². The first-order chi connectivity index (χ1) is 13.9. The largest absolute Gasteiger partial charge is 0.353 e. The summed E-state index contributed by atoms with van der Waals surface area (Å²) in [5.74, 6) is 1.11. The van der Waals surface area contributed by atoms with E-state index in [9.17, 15) is 0 Å². The highest BCUT2D eigenvalue weighted by molar-refractivity contribution is 7.13. The van der Waals surface area contributed by atoms with Crippen LogP contribution in [0.2, 0.25) is 0 Å². The van der Waals surface area contributed by atoms with Crippen molar-refractivity contribution in [1.29, 1.82) is 0 Å². The molecule has 6 nitrogen and oxygen atoms in total. The average Bonchev–Trinajstić information content (AvgIpc) is 3.36. The lowest BCUT2D eigenvalue weighted by Gasteiger charge is -2.35. The summed E-state index contributed by atoms with van der Waals surface area (Å²) in [6.07, 6.45) is 2.31. The van der Waals surface area contributed by atoms with Crippen molar-refractivity contribution in [2.24, 2.45) is 0 Å². The molecule has 1 aliphatic rings.